The van der Waals surface area contributed by atoms with Crippen molar-refractivity contribution in [3.05, 3.63) is 18.2 Å². The Bertz CT molecular complexity index is 408. The van der Waals surface area contributed by atoms with E-state index in [0.29, 0.717) is 6.04 Å². The molecule has 0 radical (unpaired) electrons. The minimum Gasteiger partial charge on any atom is -0.495 e. The molecule has 0 saturated carbocycles. The van der Waals surface area contributed by atoms with Crippen molar-refractivity contribution in [1.29, 1.82) is 0 Å². The number of likely N-dealkylation sites (N-methyl/N-ethyl adjacent to an activating group) is 2. The van der Waals surface area contributed by atoms with Crippen LogP contribution in [0, 0.1) is 0 Å². The van der Waals surface area contributed by atoms with Gasteiger partial charge in [-0.25, -0.2) is 0 Å². The molecule has 1 fully saturated rings. The van der Waals surface area contributed by atoms with Gasteiger partial charge in [-0.3, -0.25) is 0 Å². The number of rotatable bonds is 4. The third kappa shape index (κ3) is 2.53. The number of nitrogen functional groups attached to an aromatic ring is 1. The molecule has 0 aromatic heterocycles. The molecule has 0 amide bonds. The largest absolute Gasteiger partial charge is 0.495 e. The number of likely N-dealkylation sites (tertiary alicyclic amines) is 1. The fraction of sp³-hybridized carbons (Fsp3) is 0.571. The zero-order valence-electron chi connectivity index (χ0n) is 11.5. The van der Waals surface area contributed by atoms with Gasteiger partial charge in [0, 0.05) is 19.6 Å². The highest BCUT2D eigenvalue weighted by atomic mass is 16.5. The molecule has 0 bridgehead atoms. The first kappa shape index (κ1) is 13.0. The lowest BCUT2D eigenvalue weighted by Gasteiger charge is -2.28. The standard InChI is InChI=1S/C14H23N3O/c1-16-9-5-6-11(16)10-17(2)12-7-4-8-13(18-3)14(12)15/h4,7-8,11H,5-6,9-10,15H2,1-3H3. The minimum absolute atomic E-state index is 0.626. The molecule has 1 aromatic rings. The number of nitrogens with zero attached hydrogens (tertiary/aromatic N) is 2. The van der Waals surface area contributed by atoms with E-state index in [-0.39, 0.29) is 0 Å². The van der Waals surface area contributed by atoms with E-state index in [1.807, 2.05) is 18.2 Å². The normalized spacial score (nSPS) is 20.1. The molecular weight excluding hydrogens is 226 g/mol. The van der Waals surface area contributed by atoms with Crippen LogP contribution >= 0.6 is 0 Å². The van der Waals surface area contributed by atoms with Gasteiger partial charge in [-0.15, -0.1) is 0 Å². The maximum absolute atomic E-state index is 6.12. The molecule has 4 heteroatoms. The predicted molar refractivity (Wildman–Crippen MR) is 76.3 cm³/mol. The summed E-state index contributed by atoms with van der Waals surface area (Å²) in [6.07, 6.45) is 2.56. The highest BCUT2D eigenvalue weighted by Gasteiger charge is 2.23. The first-order valence-corrected chi connectivity index (χ1v) is 6.47. The molecule has 100 valence electrons. The van der Waals surface area contributed by atoms with Crippen molar-refractivity contribution in [1.82, 2.24) is 4.90 Å². The van der Waals surface area contributed by atoms with Crippen molar-refractivity contribution in [3.8, 4) is 5.75 Å². The predicted octanol–water partition coefficient (Wildman–Crippen LogP) is 1.81. The SMILES string of the molecule is COc1cccc(N(C)CC2CCCN2C)c1N. The van der Waals surface area contributed by atoms with E-state index in [1.165, 1.54) is 19.4 Å². The van der Waals surface area contributed by atoms with Gasteiger partial charge in [0.15, 0.2) is 0 Å². The second kappa shape index (κ2) is 5.48. The van der Waals surface area contributed by atoms with E-state index in [0.717, 1.165) is 23.7 Å². The Hall–Kier alpha value is -1.42. The lowest BCUT2D eigenvalue weighted by Crippen LogP contribution is -2.36. The molecule has 1 heterocycles. The quantitative estimate of drug-likeness (QED) is 0.826. The molecule has 1 atom stereocenters. The molecule has 0 spiro atoms. The van der Waals surface area contributed by atoms with Crippen LogP contribution < -0.4 is 15.4 Å². The summed E-state index contributed by atoms with van der Waals surface area (Å²) in [6.45, 7) is 2.21. The molecule has 2 N–H and O–H groups in total. The number of methoxy groups -OCH3 is 1. The fourth-order valence-corrected chi connectivity index (χ4v) is 2.67. The fourth-order valence-electron chi connectivity index (χ4n) is 2.67. The first-order chi connectivity index (χ1) is 8.63. The summed E-state index contributed by atoms with van der Waals surface area (Å²) in [5.41, 5.74) is 7.90. The molecule has 0 aliphatic carbocycles. The van der Waals surface area contributed by atoms with Crippen LogP contribution in [0.4, 0.5) is 11.4 Å². The molecule has 1 aliphatic rings. The van der Waals surface area contributed by atoms with Gasteiger partial charge < -0.3 is 20.3 Å². The van der Waals surface area contributed by atoms with Gasteiger partial charge in [0.1, 0.15) is 5.75 Å². The van der Waals surface area contributed by atoms with E-state index >= 15 is 0 Å². The first-order valence-electron chi connectivity index (χ1n) is 6.47. The Labute approximate surface area is 109 Å². The number of ether oxygens (including phenoxy) is 1. The Balaban J connectivity index is 2.11. The average molecular weight is 249 g/mol. The van der Waals surface area contributed by atoms with E-state index in [9.17, 15) is 0 Å². The van der Waals surface area contributed by atoms with Gasteiger partial charge in [0.25, 0.3) is 0 Å². The van der Waals surface area contributed by atoms with Gasteiger partial charge in [0.05, 0.1) is 18.5 Å². The van der Waals surface area contributed by atoms with Crippen molar-refractivity contribution >= 4 is 11.4 Å². The molecule has 1 saturated heterocycles. The van der Waals surface area contributed by atoms with Crippen LogP contribution in [-0.4, -0.2) is 45.2 Å². The molecule has 18 heavy (non-hydrogen) atoms. The monoisotopic (exact) mass is 249 g/mol. The summed E-state index contributed by atoms with van der Waals surface area (Å²) >= 11 is 0. The number of anilines is 2. The van der Waals surface area contributed by atoms with Crippen molar-refractivity contribution in [2.45, 2.75) is 18.9 Å². The van der Waals surface area contributed by atoms with Gasteiger partial charge >= 0.3 is 0 Å². The Morgan fingerprint density at radius 1 is 1.50 bits per heavy atom. The number of benzene rings is 1. The average Bonchev–Trinajstić information content (AvgIpc) is 2.75. The van der Waals surface area contributed by atoms with E-state index in [1.54, 1.807) is 7.11 Å². The summed E-state index contributed by atoms with van der Waals surface area (Å²) in [5.74, 6) is 0.749. The molecule has 1 aliphatic heterocycles. The second-order valence-corrected chi connectivity index (χ2v) is 5.05. The lowest BCUT2D eigenvalue weighted by atomic mass is 10.2. The summed E-state index contributed by atoms with van der Waals surface area (Å²) in [7, 11) is 5.94. The van der Waals surface area contributed by atoms with Crippen molar-refractivity contribution in [3.63, 3.8) is 0 Å². The van der Waals surface area contributed by atoms with Crippen LogP contribution in [0.1, 0.15) is 12.8 Å². The van der Waals surface area contributed by atoms with E-state index < -0.39 is 0 Å². The van der Waals surface area contributed by atoms with Gasteiger partial charge in [0.2, 0.25) is 0 Å². The second-order valence-electron chi connectivity index (χ2n) is 5.05. The van der Waals surface area contributed by atoms with Gasteiger partial charge in [-0.05, 0) is 38.6 Å². The molecule has 4 nitrogen and oxygen atoms in total. The third-order valence-corrected chi connectivity index (χ3v) is 3.83. The van der Waals surface area contributed by atoms with Crippen LogP contribution in [0.15, 0.2) is 18.2 Å². The topological polar surface area (TPSA) is 41.7 Å². The summed E-state index contributed by atoms with van der Waals surface area (Å²) in [4.78, 5) is 4.65. The summed E-state index contributed by atoms with van der Waals surface area (Å²) < 4.78 is 5.26. The Morgan fingerprint density at radius 3 is 2.89 bits per heavy atom. The van der Waals surface area contributed by atoms with Gasteiger partial charge in [-0.1, -0.05) is 6.07 Å². The van der Waals surface area contributed by atoms with Crippen molar-refractivity contribution in [2.24, 2.45) is 0 Å². The van der Waals surface area contributed by atoms with Crippen LogP contribution in [0.3, 0.4) is 0 Å². The maximum Gasteiger partial charge on any atom is 0.143 e. The van der Waals surface area contributed by atoms with E-state index in [4.69, 9.17) is 10.5 Å². The molecule has 1 unspecified atom stereocenters. The zero-order valence-corrected chi connectivity index (χ0v) is 11.5. The highest BCUT2D eigenvalue weighted by molar-refractivity contribution is 5.73. The highest BCUT2D eigenvalue weighted by Crippen LogP contribution is 2.32. The van der Waals surface area contributed by atoms with Crippen LogP contribution in [0.5, 0.6) is 5.75 Å². The van der Waals surface area contributed by atoms with Crippen LogP contribution in [-0.2, 0) is 0 Å². The van der Waals surface area contributed by atoms with Crippen LogP contribution in [0.25, 0.3) is 0 Å². The summed E-state index contributed by atoms with van der Waals surface area (Å²) in [5, 5.41) is 0. The molecular formula is C14H23N3O. The molecule has 2 rings (SSSR count). The number of hydrogen-bond donors (Lipinski definition) is 1. The van der Waals surface area contributed by atoms with Gasteiger partial charge in [-0.2, -0.15) is 0 Å². The number of hydrogen-bond acceptors (Lipinski definition) is 4. The smallest absolute Gasteiger partial charge is 0.143 e. The number of para-hydroxylation sites is 1. The third-order valence-electron chi connectivity index (χ3n) is 3.83. The van der Waals surface area contributed by atoms with Crippen molar-refractivity contribution in [2.75, 3.05) is 44.9 Å². The Morgan fingerprint density at radius 2 is 2.28 bits per heavy atom. The maximum atomic E-state index is 6.12. The zero-order chi connectivity index (χ0) is 13.1. The van der Waals surface area contributed by atoms with Crippen LogP contribution in [0.2, 0.25) is 0 Å². The minimum atomic E-state index is 0.626. The Kier molecular flexibility index (Phi) is 3.97. The number of nitrogens with two attached hydrogens (primary N) is 1. The summed E-state index contributed by atoms with van der Waals surface area (Å²) in [6, 6.07) is 6.56. The molecule has 1 aromatic carbocycles. The lowest BCUT2D eigenvalue weighted by molar-refractivity contribution is 0.314. The van der Waals surface area contributed by atoms with Crippen molar-refractivity contribution < 1.29 is 4.74 Å². The van der Waals surface area contributed by atoms with E-state index in [2.05, 4.69) is 23.9 Å².